The van der Waals surface area contributed by atoms with Gasteiger partial charge in [-0.25, -0.2) is 4.39 Å². The van der Waals surface area contributed by atoms with E-state index >= 15 is 0 Å². The predicted molar refractivity (Wildman–Crippen MR) is 116 cm³/mol. The van der Waals surface area contributed by atoms with Gasteiger partial charge in [-0.1, -0.05) is 44.2 Å². The molecule has 0 radical (unpaired) electrons. The monoisotopic (exact) mass is 414 g/mol. The maximum absolute atomic E-state index is 14.1. The summed E-state index contributed by atoms with van der Waals surface area (Å²) in [5.41, 5.74) is 1.15. The molecule has 0 saturated heterocycles. The van der Waals surface area contributed by atoms with Crippen LogP contribution in [0.15, 0.2) is 48.5 Å². The number of carbonyl (C=O) groups is 2. The summed E-state index contributed by atoms with van der Waals surface area (Å²) in [5, 5.41) is 2.97. The van der Waals surface area contributed by atoms with E-state index in [1.807, 2.05) is 45.0 Å². The molecule has 0 fully saturated rings. The topological polar surface area (TPSA) is 58.6 Å². The number of amides is 2. The number of nitrogens with one attached hydrogen (secondary N) is 1. The van der Waals surface area contributed by atoms with Crippen LogP contribution in [-0.4, -0.2) is 35.9 Å². The summed E-state index contributed by atoms with van der Waals surface area (Å²) >= 11 is 0. The summed E-state index contributed by atoms with van der Waals surface area (Å²) in [4.78, 5) is 27.7. The number of halogens is 1. The van der Waals surface area contributed by atoms with Crippen LogP contribution in [0.3, 0.4) is 0 Å². The smallest absolute Gasteiger partial charge is 0.243 e. The average Bonchev–Trinajstić information content (AvgIpc) is 2.75. The lowest BCUT2D eigenvalue weighted by Crippen LogP contribution is -2.51. The highest BCUT2D eigenvalue weighted by Crippen LogP contribution is 2.19. The standard InChI is InChI=1S/C24H31FN2O3/c1-5-17(3)26-24(29)22(6-2)27(16-18-10-9-12-20(14-18)30-4)23(28)15-19-11-7-8-13-21(19)25/h7-14,17,22H,5-6,15-16H2,1-4H3,(H,26,29)/t17-,22+/m0/s1. The molecule has 0 unspecified atom stereocenters. The Hall–Kier alpha value is -2.89. The van der Waals surface area contributed by atoms with E-state index in [-0.39, 0.29) is 30.8 Å². The van der Waals surface area contributed by atoms with Crippen molar-refractivity contribution in [3.8, 4) is 5.75 Å². The third-order valence-electron chi connectivity index (χ3n) is 5.17. The molecule has 30 heavy (non-hydrogen) atoms. The highest BCUT2D eigenvalue weighted by molar-refractivity contribution is 5.88. The molecule has 2 atom stereocenters. The molecule has 5 nitrogen and oxygen atoms in total. The van der Waals surface area contributed by atoms with Crippen LogP contribution in [0.25, 0.3) is 0 Å². The summed E-state index contributed by atoms with van der Waals surface area (Å²) in [6, 6.07) is 13.0. The van der Waals surface area contributed by atoms with E-state index in [2.05, 4.69) is 5.32 Å². The first-order valence-corrected chi connectivity index (χ1v) is 10.4. The van der Waals surface area contributed by atoms with Crippen LogP contribution in [0.5, 0.6) is 5.75 Å². The second kappa shape index (κ2) is 11.3. The predicted octanol–water partition coefficient (Wildman–Crippen LogP) is 4.10. The molecule has 0 aliphatic heterocycles. The number of hydrogen-bond donors (Lipinski definition) is 1. The van der Waals surface area contributed by atoms with Gasteiger partial charge in [0.1, 0.15) is 17.6 Å². The number of benzene rings is 2. The van der Waals surface area contributed by atoms with Gasteiger partial charge < -0.3 is 15.0 Å². The number of ether oxygens (including phenoxy) is 1. The minimum absolute atomic E-state index is 0.00638. The molecule has 2 aromatic rings. The van der Waals surface area contributed by atoms with E-state index in [1.165, 1.54) is 6.07 Å². The molecule has 0 aliphatic rings. The van der Waals surface area contributed by atoms with Gasteiger partial charge in [0.15, 0.2) is 0 Å². The fraction of sp³-hybridized carbons (Fsp3) is 0.417. The maximum Gasteiger partial charge on any atom is 0.243 e. The van der Waals surface area contributed by atoms with Crippen molar-refractivity contribution in [1.29, 1.82) is 0 Å². The van der Waals surface area contributed by atoms with Crippen LogP contribution < -0.4 is 10.1 Å². The van der Waals surface area contributed by atoms with Crippen LogP contribution in [0.1, 0.15) is 44.7 Å². The Kier molecular flexibility index (Phi) is 8.84. The molecule has 0 bridgehead atoms. The Morgan fingerprint density at radius 1 is 1.10 bits per heavy atom. The third kappa shape index (κ3) is 6.31. The number of carbonyl (C=O) groups excluding carboxylic acids is 2. The Bertz CT molecular complexity index is 856. The first-order valence-electron chi connectivity index (χ1n) is 10.4. The molecule has 0 aliphatic carbocycles. The lowest BCUT2D eigenvalue weighted by Gasteiger charge is -2.31. The van der Waals surface area contributed by atoms with Crippen molar-refractivity contribution in [2.24, 2.45) is 0 Å². The number of rotatable bonds is 10. The van der Waals surface area contributed by atoms with Gasteiger partial charge in [-0.05, 0) is 49.1 Å². The lowest BCUT2D eigenvalue weighted by molar-refractivity contribution is -0.141. The Balaban J connectivity index is 2.33. The first kappa shape index (κ1) is 23.4. The summed E-state index contributed by atoms with van der Waals surface area (Å²) in [6.07, 6.45) is 1.14. The number of hydrogen-bond acceptors (Lipinski definition) is 3. The van der Waals surface area contributed by atoms with Crippen molar-refractivity contribution >= 4 is 11.8 Å². The van der Waals surface area contributed by atoms with Gasteiger partial charge in [-0.15, -0.1) is 0 Å². The molecule has 1 N–H and O–H groups in total. The molecule has 0 aromatic heterocycles. The minimum Gasteiger partial charge on any atom is -0.497 e. The van der Waals surface area contributed by atoms with Crippen LogP contribution in [0.4, 0.5) is 4.39 Å². The van der Waals surface area contributed by atoms with Gasteiger partial charge >= 0.3 is 0 Å². The Morgan fingerprint density at radius 3 is 2.47 bits per heavy atom. The fourth-order valence-electron chi connectivity index (χ4n) is 3.23. The first-order chi connectivity index (χ1) is 14.4. The summed E-state index contributed by atoms with van der Waals surface area (Å²) < 4.78 is 19.4. The zero-order valence-electron chi connectivity index (χ0n) is 18.2. The molecule has 2 amide bonds. The second-order valence-electron chi connectivity index (χ2n) is 7.38. The Morgan fingerprint density at radius 2 is 1.83 bits per heavy atom. The van der Waals surface area contributed by atoms with Gasteiger partial charge in [-0.2, -0.15) is 0 Å². The molecule has 2 rings (SSSR count). The third-order valence-corrected chi connectivity index (χ3v) is 5.17. The molecular weight excluding hydrogens is 383 g/mol. The highest BCUT2D eigenvalue weighted by Gasteiger charge is 2.29. The van der Waals surface area contributed by atoms with Crippen LogP contribution in [0.2, 0.25) is 0 Å². The van der Waals surface area contributed by atoms with Crippen molar-refractivity contribution in [2.45, 2.75) is 58.7 Å². The molecule has 0 heterocycles. The van der Waals surface area contributed by atoms with Crippen molar-refractivity contribution < 1.29 is 18.7 Å². The number of methoxy groups -OCH3 is 1. The van der Waals surface area contributed by atoms with Crippen LogP contribution >= 0.6 is 0 Å². The molecule has 162 valence electrons. The summed E-state index contributed by atoms with van der Waals surface area (Å²) in [5.74, 6) is -0.249. The van der Waals surface area contributed by atoms with E-state index in [9.17, 15) is 14.0 Å². The molecule has 6 heteroatoms. The van der Waals surface area contributed by atoms with Crippen LogP contribution in [0, 0.1) is 5.82 Å². The lowest BCUT2D eigenvalue weighted by atomic mass is 10.1. The minimum atomic E-state index is -0.649. The summed E-state index contributed by atoms with van der Waals surface area (Å²) in [6.45, 7) is 6.02. The zero-order valence-corrected chi connectivity index (χ0v) is 18.2. The van der Waals surface area contributed by atoms with E-state index in [1.54, 1.807) is 30.2 Å². The van der Waals surface area contributed by atoms with Crippen LogP contribution in [-0.2, 0) is 22.6 Å². The molecular formula is C24H31FN2O3. The van der Waals surface area contributed by atoms with E-state index in [0.29, 0.717) is 17.7 Å². The van der Waals surface area contributed by atoms with Gasteiger partial charge in [0.2, 0.25) is 11.8 Å². The quantitative estimate of drug-likeness (QED) is 0.637. The van der Waals surface area contributed by atoms with E-state index < -0.39 is 11.9 Å². The number of nitrogens with zero attached hydrogens (tertiary/aromatic N) is 1. The van der Waals surface area contributed by atoms with E-state index in [4.69, 9.17) is 4.74 Å². The maximum atomic E-state index is 14.1. The van der Waals surface area contributed by atoms with E-state index in [0.717, 1.165) is 12.0 Å². The highest BCUT2D eigenvalue weighted by atomic mass is 19.1. The van der Waals surface area contributed by atoms with Gasteiger partial charge in [-0.3, -0.25) is 9.59 Å². The molecule has 0 spiro atoms. The Labute approximate surface area is 178 Å². The molecule has 0 saturated carbocycles. The van der Waals surface area contributed by atoms with Gasteiger partial charge in [0.25, 0.3) is 0 Å². The average molecular weight is 415 g/mol. The normalized spacial score (nSPS) is 12.7. The van der Waals surface area contributed by atoms with Crippen molar-refractivity contribution in [2.75, 3.05) is 7.11 Å². The summed E-state index contributed by atoms with van der Waals surface area (Å²) in [7, 11) is 1.58. The largest absolute Gasteiger partial charge is 0.497 e. The fourth-order valence-corrected chi connectivity index (χ4v) is 3.23. The van der Waals surface area contributed by atoms with Crippen molar-refractivity contribution in [3.05, 3.63) is 65.5 Å². The van der Waals surface area contributed by atoms with Crippen molar-refractivity contribution in [3.63, 3.8) is 0 Å². The van der Waals surface area contributed by atoms with Crippen molar-refractivity contribution in [1.82, 2.24) is 10.2 Å². The zero-order chi connectivity index (χ0) is 22.1. The molecule has 2 aromatic carbocycles. The van der Waals surface area contributed by atoms with Gasteiger partial charge in [0.05, 0.1) is 13.5 Å². The second-order valence-corrected chi connectivity index (χ2v) is 7.38. The SMILES string of the molecule is CC[C@H](C(=O)N[C@@H](C)CC)N(Cc1cccc(OC)c1)C(=O)Cc1ccccc1F. The van der Waals surface area contributed by atoms with Gasteiger partial charge in [0, 0.05) is 12.6 Å².